The van der Waals surface area contributed by atoms with Gasteiger partial charge in [0.1, 0.15) is 10.7 Å². The van der Waals surface area contributed by atoms with Crippen molar-refractivity contribution in [3.05, 3.63) is 36.7 Å². The number of aromatic nitrogens is 2. The second-order valence-electron chi connectivity index (χ2n) is 3.79. The van der Waals surface area contributed by atoms with Crippen LogP contribution >= 0.6 is 0 Å². The maximum Gasteiger partial charge on any atom is 0.265 e. The van der Waals surface area contributed by atoms with Crippen molar-refractivity contribution in [1.82, 2.24) is 9.97 Å². The van der Waals surface area contributed by atoms with E-state index in [0.29, 0.717) is 11.6 Å². The van der Waals surface area contributed by atoms with Gasteiger partial charge in [-0.2, -0.15) is 0 Å². The third-order valence-corrected chi connectivity index (χ3v) is 3.91. The molecule has 0 aromatic carbocycles. The molecule has 0 saturated carbocycles. The molecule has 0 radical (unpaired) electrons. The van der Waals surface area contributed by atoms with E-state index in [9.17, 15) is 8.42 Å². The molecule has 2 rings (SSSR count). The molecule has 0 unspecified atom stereocenters. The zero-order valence-electron chi connectivity index (χ0n) is 11.0. The Hall–Kier alpha value is -2.35. The number of hydrogen-bond donors (Lipinski definition) is 2. The van der Waals surface area contributed by atoms with Gasteiger partial charge in [0.15, 0.2) is 0 Å². The lowest BCUT2D eigenvalue weighted by molar-refractivity contribution is 0.398. The maximum atomic E-state index is 12.3. The summed E-state index contributed by atoms with van der Waals surface area (Å²) in [5, 5.41) is 2.74. The minimum Gasteiger partial charge on any atom is -0.481 e. The number of nitrogens with zero attached hydrogens (tertiary/aromatic N) is 2. The molecule has 0 aliphatic carbocycles. The van der Waals surface area contributed by atoms with Gasteiger partial charge in [-0.1, -0.05) is 0 Å². The molecule has 0 amide bonds. The molecule has 7 nitrogen and oxygen atoms in total. The number of rotatable bonds is 5. The monoisotopic (exact) mass is 294 g/mol. The summed E-state index contributed by atoms with van der Waals surface area (Å²) in [5.41, 5.74) is 0.344. The van der Waals surface area contributed by atoms with Gasteiger partial charge in [-0.05, 0) is 18.2 Å². The summed E-state index contributed by atoms with van der Waals surface area (Å²) in [4.78, 5) is 7.97. The molecular formula is C12H14N4O3S. The number of pyridine rings is 2. The van der Waals surface area contributed by atoms with Gasteiger partial charge >= 0.3 is 0 Å². The van der Waals surface area contributed by atoms with Gasteiger partial charge in [0, 0.05) is 19.3 Å². The van der Waals surface area contributed by atoms with Gasteiger partial charge < -0.3 is 10.1 Å². The van der Waals surface area contributed by atoms with Crippen LogP contribution in [0.4, 0.5) is 11.5 Å². The van der Waals surface area contributed by atoms with Gasteiger partial charge in [0.25, 0.3) is 10.0 Å². The predicted octanol–water partition coefficient (Wildman–Crippen LogP) is 1.33. The Labute approximate surface area is 117 Å². The summed E-state index contributed by atoms with van der Waals surface area (Å²) in [6.45, 7) is 0. The zero-order chi connectivity index (χ0) is 14.6. The normalized spacial score (nSPS) is 10.9. The molecule has 0 fully saturated rings. The highest BCUT2D eigenvalue weighted by atomic mass is 32.2. The fraction of sp³-hybridized carbons (Fsp3) is 0.167. The summed E-state index contributed by atoms with van der Waals surface area (Å²) in [6, 6.07) is 6.17. The fourth-order valence-electron chi connectivity index (χ4n) is 1.57. The Morgan fingerprint density at radius 3 is 2.60 bits per heavy atom. The smallest absolute Gasteiger partial charge is 0.265 e. The average Bonchev–Trinajstić information content (AvgIpc) is 2.47. The van der Waals surface area contributed by atoms with Gasteiger partial charge in [-0.25, -0.2) is 18.4 Å². The summed E-state index contributed by atoms with van der Waals surface area (Å²) >= 11 is 0. The van der Waals surface area contributed by atoms with E-state index in [1.165, 1.54) is 25.6 Å². The highest BCUT2D eigenvalue weighted by molar-refractivity contribution is 7.92. The molecular weight excluding hydrogens is 280 g/mol. The van der Waals surface area contributed by atoms with Crippen LogP contribution in [0, 0.1) is 0 Å². The fourth-order valence-corrected chi connectivity index (χ4v) is 2.77. The van der Waals surface area contributed by atoms with E-state index >= 15 is 0 Å². The average molecular weight is 294 g/mol. The van der Waals surface area contributed by atoms with Gasteiger partial charge in [0.2, 0.25) is 5.88 Å². The maximum absolute atomic E-state index is 12.3. The van der Waals surface area contributed by atoms with Gasteiger partial charge in [0.05, 0.1) is 19.0 Å². The highest BCUT2D eigenvalue weighted by Crippen LogP contribution is 2.21. The van der Waals surface area contributed by atoms with E-state index in [1.807, 2.05) is 0 Å². The van der Waals surface area contributed by atoms with Crippen molar-refractivity contribution in [2.24, 2.45) is 0 Å². The van der Waals surface area contributed by atoms with Crippen LogP contribution < -0.4 is 14.8 Å². The van der Waals surface area contributed by atoms with Crippen molar-refractivity contribution in [3.8, 4) is 5.88 Å². The third kappa shape index (κ3) is 2.97. The Morgan fingerprint density at radius 1 is 1.20 bits per heavy atom. The minimum absolute atomic E-state index is 0.0679. The molecule has 2 aromatic heterocycles. The molecule has 0 bridgehead atoms. The first-order valence-electron chi connectivity index (χ1n) is 5.72. The van der Waals surface area contributed by atoms with Crippen molar-refractivity contribution < 1.29 is 13.2 Å². The molecule has 2 heterocycles. The van der Waals surface area contributed by atoms with E-state index in [1.54, 1.807) is 25.2 Å². The van der Waals surface area contributed by atoms with Crippen molar-refractivity contribution in [2.45, 2.75) is 4.90 Å². The zero-order valence-corrected chi connectivity index (χ0v) is 11.8. The Morgan fingerprint density at radius 2 is 2.00 bits per heavy atom. The largest absolute Gasteiger partial charge is 0.481 e. The molecule has 0 aliphatic heterocycles. The van der Waals surface area contributed by atoms with Crippen LogP contribution in [-0.2, 0) is 10.0 Å². The van der Waals surface area contributed by atoms with Crippen molar-refractivity contribution >= 4 is 21.5 Å². The number of sulfonamides is 1. The lowest BCUT2D eigenvalue weighted by Gasteiger charge is -2.11. The molecule has 0 saturated heterocycles. The highest BCUT2D eigenvalue weighted by Gasteiger charge is 2.19. The molecule has 106 valence electrons. The van der Waals surface area contributed by atoms with Crippen LogP contribution in [0.2, 0.25) is 0 Å². The first-order chi connectivity index (χ1) is 9.56. The minimum atomic E-state index is -3.73. The summed E-state index contributed by atoms with van der Waals surface area (Å²) in [6.07, 6.45) is 2.89. The van der Waals surface area contributed by atoms with Crippen LogP contribution in [0.1, 0.15) is 0 Å². The summed E-state index contributed by atoms with van der Waals surface area (Å²) in [5.74, 6) is 0.687. The molecule has 0 spiro atoms. The lowest BCUT2D eigenvalue weighted by atomic mass is 10.4. The van der Waals surface area contributed by atoms with Crippen molar-refractivity contribution in [1.29, 1.82) is 0 Å². The third-order valence-electron chi connectivity index (χ3n) is 2.49. The quantitative estimate of drug-likeness (QED) is 0.864. The Kier molecular flexibility index (Phi) is 4.04. The van der Waals surface area contributed by atoms with E-state index in [4.69, 9.17) is 4.74 Å². The number of nitrogens with one attached hydrogen (secondary N) is 2. The summed E-state index contributed by atoms with van der Waals surface area (Å²) in [7, 11) is -0.637. The van der Waals surface area contributed by atoms with Crippen molar-refractivity contribution in [3.63, 3.8) is 0 Å². The Bertz CT molecular complexity index is 686. The van der Waals surface area contributed by atoms with E-state index in [-0.39, 0.29) is 10.7 Å². The summed E-state index contributed by atoms with van der Waals surface area (Å²) < 4.78 is 31.9. The van der Waals surface area contributed by atoms with E-state index in [2.05, 4.69) is 20.0 Å². The standard InChI is InChI=1S/C12H14N4O3S/c1-13-12-10(4-3-7-14-12)20(17,18)16-9-5-6-11(19-2)15-8-9/h3-8,16H,1-2H3,(H,13,14). The topological polar surface area (TPSA) is 93.2 Å². The molecule has 0 atom stereocenters. The molecule has 2 N–H and O–H groups in total. The van der Waals surface area contributed by atoms with Gasteiger partial charge in [-0.3, -0.25) is 4.72 Å². The van der Waals surface area contributed by atoms with Crippen molar-refractivity contribution in [2.75, 3.05) is 24.2 Å². The van der Waals surface area contributed by atoms with Crippen LogP contribution in [0.25, 0.3) is 0 Å². The first-order valence-corrected chi connectivity index (χ1v) is 7.21. The predicted molar refractivity (Wildman–Crippen MR) is 75.4 cm³/mol. The SMILES string of the molecule is CNc1ncccc1S(=O)(=O)Nc1ccc(OC)nc1. The van der Waals surface area contributed by atoms with Crippen LogP contribution in [-0.4, -0.2) is 32.5 Å². The first kappa shape index (κ1) is 14.1. The molecule has 8 heteroatoms. The number of anilines is 2. The molecule has 2 aromatic rings. The lowest BCUT2D eigenvalue weighted by Crippen LogP contribution is -2.15. The number of ether oxygens (including phenoxy) is 1. The van der Waals surface area contributed by atoms with Crippen LogP contribution in [0.5, 0.6) is 5.88 Å². The van der Waals surface area contributed by atoms with Gasteiger partial charge in [-0.15, -0.1) is 0 Å². The number of methoxy groups -OCH3 is 1. The van der Waals surface area contributed by atoms with Crippen LogP contribution in [0.3, 0.4) is 0 Å². The Balaban J connectivity index is 2.30. The molecule has 0 aliphatic rings. The van der Waals surface area contributed by atoms with E-state index in [0.717, 1.165) is 0 Å². The van der Waals surface area contributed by atoms with Crippen LogP contribution in [0.15, 0.2) is 41.6 Å². The second kappa shape index (κ2) is 5.74. The number of hydrogen-bond acceptors (Lipinski definition) is 6. The molecule has 20 heavy (non-hydrogen) atoms. The van der Waals surface area contributed by atoms with E-state index < -0.39 is 10.0 Å². The second-order valence-corrected chi connectivity index (χ2v) is 5.45.